The fourth-order valence-electron chi connectivity index (χ4n) is 3.16. The number of carbonyl (C=O) groups excluding carboxylic acids is 1. The molecule has 0 N–H and O–H groups in total. The van der Waals surface area contributed by atoms with E-state index in [1.165, 1.54) is 11.3 Å². The minimum Gasteiger partial charge on any atom is -0.337 e. The molecule has 27 heavy (non-hydrogen) atoms. The molecule has 1 aliphatic rings. The largest absolute Gasteiger partial charge is 0.337 e. The number of hydrogen-bond acceptors (Lipinski definition) is 5. The van der Waals surface area contributed by atoms with E-state index in [-0.39, 0.29) is 11.5 Å². The fourth-order valence-corrected chi connectivity index (χ4v) is 3.90. The van der Waals surface area contributed by atoms with Crippen molar-refractivity contribution in [3.8, 4) is 0 Å². The molecule has 0 saturated carbocycles. The first kappa shape index (κ1) is 17.6. The molecule has 1 aliphatic heterocycles. The first-order chi connectivity index (χ1) is 13.2. The summed E-state index contributed by atoms with van der Waals surface area (Å²) in [6, 6.07) is 11.4. The molecule has 1 amide bonds. The third kappa shape index (κ3) is 4.15. The molecular weight excluding hydrogens is 360 g/mol. The molecule has 0 aliphatic carbocycles. The molecule has 7 heteroatoms. The van der Waals surface area contributed by atoms with E-state index in [1.807, 2.05) is 46.7 Å². The molecule has 3 heterocycles. The second kappa shape index (κ2) is 7.85. The molecule has 0 radical (unpaired) electrons. The van der Waals surface area contributed by atoms with Gasteiger partial charge in [-0.3, -0.25) is 18.9 Å². The number of nitrogens with zero attached hydrogens (tertiary/aromatic N) is 4. The molecule has 0 atom stereocenters. The maximum absolute atomic E-state index is 12.4. The summed E-state index contributed by atoms with van der Waals surface area (Å²) in [5.74, 6) is 0.0369. The number of carbonyl (C=O) groups is 1. The van der Waals surface area contributed by atoms with Crippen molar-refractivity contribution in [3.63, 3.8) is 0 Å². The van der Waals surface area contributed by atoms with E-state index in [2.05, 4.69) is 9.88 Å². The highest BCUT2D eigenvalue weighted by Gasteiger charge is 2.20. The van der Waals surface area contributed by atoms with Crippen LogP contribution in [0, 0.1) is 0 Å². The van der Waals surface area contributed by atoms with Crippen LogP contribution >= 0.6 is 11.3 Å². The summed E-state index contributed by atoms with van der Waals surface area (Å²) in [5.41, 5.74) is 1.76. The smallest absolute Gasteiger partial charge is 0.258 e. The number of rotatable bonds is 4. The van der Waals surface area contributed by atoms with Gasteiger partial charge in [0.2, 0.25) is 5.91 Å². The van der Waals surface area contributed by atoms with Gasteiger partial charge >= 0.3 is 0 Å². The van der Waals surface area contributed by atoms with Crippen LogP contribution in [-0.4, -0.2) is 51.3 Å². The lowest BCUT2D eigenvalue weighted by atomic mass is 10.2. The number of amides is 1. The molecule has 3 aromatic rings. The Morgan fingerprint density at radius 1 is 1.15 bits per heavy atom. The normalized spacial score (nSPS) is 15.6. The zero-order chi connectivity index (χ0) is 18.6. The lowest BCUT2D eigenvalue weighted by Gasteiger charge is -2.34. The van der Waals surface area contributed by atoms with Crippen LogP contribution in [0.5, 0.6) is 0 Å². The van der Waals surface area contributed by atoms with Crippen LogP contribution in [-0.2, 0) is 11.3 Å². The van der Waals surface area contributed by atoms with Gasteiger partial charge in [0.1, 0.15) is 0 Å². The van der Waals surface area contributed by atoms with E-state index in [4.69, 9.17) is 0 Å². The number of hydrogen-bond donors (Lipinski definition) is 0. The maximum atomic E-state index is 12.4. The Morgan fingerprint density at radius 2 is 1.93 bits per heavy atom. The Labute approximate surface area is 161 Å². The number of fused-ring (bicyclic) bond motifs is 1. The van der Waals surface area contributed by atoms with Gasteiger partial charge in [-0.25, -0.2) is 4.98 Å². The average molecular weight is 380 g/mol. The van der Waals surface area contributed by atoms with Crippen LogP contribution in [0.25, 0.3) is 11.0 Å². The minimum atomic E-state index is -0.0453. The van der Waals surface area contributed by atoms with Gasteiger partial charge < -0.3 is 4.90 Å². The van der Waals surface area contributed by atoms with Crippen molar-refractivity contribution in [2.75, 3.05) is 26.2 Å². The Kier molecular flexibility index (Phi) is 5.13. The second-order valence-electron chi connectivity index (χ2n) is 6.49. The quantitative estimate of drug-likeness (QED) is 0.651. The van der Waals surface area contributed by atoms with Gasteiger partial charge in [-0.15, -0.1) is 11.3 Å². The molecular formula is C20H20N4O2S. The van der Waals surface area contributed by atoms with E-state index in [1.54, 1.807) is 22.7 Å². The first-order valence-corrected chi connectivity index (χ1v) is 9.77. The molecule has 2 aromatic heterocycles. The zero-order valence-corrected chi connectivity index (χ0v) is 15.6. The van der Waals surface area contributed by atoms with E-state index >= 15 is 0 Å². The molecule has 138 valence electrons. The standard InChI is InChI=1S/C20H20N4O2S/c25-18(7-6-16-4-2-1-3-5-16)23-10-8-22(9-11-23)15-17-14-19(26)24-12-13-27-20(24)21-17/h1-7,12-14H,8-11,15H2/b7-6+. The molecule has 1 aromatic carbocycles. The summed E-state index contributed by atoms with van der Waals surface area (Å²) in [6.45, 7) is 3.54. The van der Waals surface area contributed by atoms with Crippen LogP contribution in [0.15, 0.2) is 58.8 Å². The van der Waals surface area contributed by atoms with Gasteiger partial charge in [0.05, 0.1) is 5.69 Å². The minimum absolute atomic E-state index is 0.0369. The number of benzene rings is 1. The Morgan fingerprint density at radius 3 is 2.70 bits per heavy atom. The second-order valence-corrected chi connectivity index (χ2v) is 7.36. The zero-order valence-electron chi connectivity index (χ0n) is 14.8. The molecule has 1 saturated heterocycles. The molecule has 0 unspecified atom stereocenters. The monoisotopic (exact) mass is 380 g/mol. The average Bonchev–Trinajstić information content (AvgIpc) is 3.17. The fraction of sp³-hybridized carbons (Fsp3) is 0.250. The lowest BCUT2D eigenvalue weighted by Crippen LogP contribution is -2.48. The predicted molar refractivity (Wildman–Crippen MR) is 107 cm³/mol. The van der Waals surface area contributed by atoms with Gasteiger partial charge in [-0.2, -0.15) is 0 Å². The molecule has 0 bridgehead atoms. The summed E-state index contributed by atoms with van der Waals surface area (Å²) >= 11 is 1.46. The summed E-state index contributed by atoms with van der Waals surface area (Å²) in [7, 11) is 0. The SMILES string of the molecule is O=C(/C=C/c1ccccc1)N1CCN(Cc2cc(=O)n3ccsc3n2)CC1. The molecule has 1 fully saturated rings. The topological polar surface area (TPSA) is 57.9 Å². The number of piperazine rings is 1. The first-order valence-electron chi connectivity index (χ1n) is 8.89. The van der Waals surface area contributed by atoms with Crippen LogP contribution in [0.1, 0.15) is 11.3 Å². The van der Waals surface area contributed by atoms with Crippen LogP contribution in [0.3, 0.4) is 0 Å². The Bertz CT molecular complexity index is 1020. The van der Waals surface area contributed by atoms with Crippen molar-refractivity contribution in [1.82, 2.24) is 19.2 Å². The van der Waals surface area contributed by atoms with Crippen molar-refractivity contribution in [1.29, 1.82) is 0 Å². The Balaban J connectivity index is 1.33. The van der Waals surface area contributed by atoms with Gasteiger partial charge in [-0.1, -0.05) is 30.3 Å². The highest BCUT2D eigenvalue weighted by atomic mass is 32.1. The number of thiazole rings is 1. The van der Waals surface area contributed by atoms with E-state index < -0.39 is 0 Å². The highest BCUT2D eigenvalue weighted by Crippen LogP contribution is 2.11. The molecule has 6 nitrogen and oxygen atoms in total. The van der Waals surface area contributed by atoms with Crippen LogP contribution in [0.2, 0.25) is 0 Å². The van der Waals surface area contributed by atoms with Crippen molar-refractivity contribution < 1.29 is 4.79 Å². The maximum Gasteiger partial charge on any atom is 0.258 e. The summed E-state index contributed by atoms with van der Waals surface area (Å²) in [4.78, 5) is 33.8. The van der Waals surface area contributed by atoms with Gasteiger partial charge in [0.25, 0.3) is 5.56 Å². The van der Waals surface area contributed by atoms with Gasteiger partial charge in [0.15, 0.2) is 4.96 Å². The van der Waals surface area contributed by atoms with Crippen molar-refractivity contribution in [2.24, 2.45) is 0 Å². The van der Waals surface area contributed by atoms with E-state index in [9.17, 15) is 9.59 Å². The van der Waals surface area contributed by atoms with Gasteiger partial charge in [-0.05, 0) is 11.6 Å². The summed E-state index contributed by atoms with van der Waals surface area (Å²) < 4.78 is 1.56. The third-order valence-electron chi connectivity index (χ3n) is 4.64. The summed E-state index contributed by atoms with van der Waals surface area (Å²) in [6.07, 6.45) is 5.23. The summed E-state index contributed by atoms with van der Waals surface area (Å²) in [5, 5.41) is 1.86. The molecule has 4 rings (SSSR count). The van der Waals surface area contributed by atoms with Crippen molar-refractivity contribution in [3.05, 3.63) is 75.7 Å². The van der Waals surface area contributed by atoms with Gasteiger partial charge in [0, 0.05) is 56.4 Å². The van der Waals surface area contributed by atoms with Crippen molar-refractivity contribution in [2.45, 2.75) is 6.54 Å². The van der Waals surface area contributed by atoms with E-state index in [0.29, 0.717) is 19.6 Å². The third-order valence-corrected chi connectivity index (χ3v) is 5.40. The highest BCUT2D eigenvalue weighted by molar-refractivity contribution is 7.15. The van der Waals surface area contributed by atoms with Crippen LogP contribution < -0.4 is 5.56 Å². The lowest BCUT2D eigenvalue weighted by molar-refractivity contribution is -0.127. The predicted octanol–water partition coefficient (Wildman–Crippen LogP) is 2.11. The van der Waals surface area contributed by atoms with Crippen LogP contribution in [0.4, 0.5) is 0 Å². The number of aromatic nitrogens is 2. The molecule has 0 spiro atoms. The van der Waals surface area contributed by atoms with E-state index in [0.717, 1.165) is 29.3 Å². The van der Waals surface area contributed by atoms with Crippen molar-refractivity contribution >= 4 is 28.3 Å². The Hall–Kier alpha value is -2.77.